The second kappa shape index (κ2) is 4.97. The molecule has 0 fully saturated rings. The van der Waals surface area contributed by atoms with Crippen molar-refractivity contribution in [3.05, 3.63) is 59.5 Å². The van der Waals surface area contributed by atoms with Crippen LogP contribution >= 0.6 is 0 Å². The lowest BCUT2D eigenvalue weighted by Gasteiger charge is -2.05. The predicted octanol–water partition coefficient (Wildman–Crippen LogP) is 3.63. The summed E-state index contributed by atoms with van der Waals surface area (Å²) in [7, 11) is 0. The predicted molar refractivity (Wildman–Crippen MR) is 70.1 cm³/mol. The van der Waals surface area contributed by atoms with E-state index in [1.54, 1.807) is 13.0 Å². The van der Waals surface area contributed by atoms with E-state index in [0.717, 1.165) is 12.1 Å². The normalized spacial score (nSPS) is 10.8. The van der Waals surface area contributed by atoms with Crippen LogP contribution in [0.4, 0.5) is 8.78 Å². The van der Waals surface area contributed by atoms with Crippen molar-refractivity contribution < 1.29 is 22.7 Å². The van der Waals surface area contributed by atoms with Crippen molar-refractivity contribution in [1.29, 1.82) is 0 Å². The van der Waals surface area contributed by atoms with Gasteiger partial charge in [0, 0.05) is 19.1 Å². The number of fused-ring (bicyclic) bond motifs is 1. The topological polar surface area (TPSA) is 52.3 Å². The summed E-state index contributed by atoms with van der Waals surface area (Å²) in [4.78, 5) is 16.0. The molecule has 0 aliphatic heterocycles. The summed E-state index contributed by atoms with van der Waals surface area (Å²) in [6.45, 7) is 1.69. The van der Waals surface area contributed by atoms with E-state index in [4.69, 9.17) is 9.15 Å². The Morgan fingerprint density at radius 3 is 2.76 bits per heavy atom. The van der Waals surface area contributed by atoms with E-state index in [0.29, 0.717) is 23.1 Å². The molecule has 2 aromatic carbocycles. The highest BCUT2D eigenvalue weighted by molar-refractivity contribution is 5.91. The summed E-state index contributed by atoms with van der Waals surface area (Å²) in [5, 5.41) is 0. The van der Waals surface area contributed by atoms with Crippen molar-refractivity contribution in [1.82, 2.24) is 4.98 Å². The minimum atomic E-state index is -0.974. The van der Waals surface area contributed by atoms with E-state index in [2.05, 4.69) is 4.98 Å². The maximum Gasteiger partial charge on any atom is 0.346 e. The molecule has 4 nitrogen and oxygen atoms in total. The molecule has 0 saturated carbocycles. The zero-order valence-corrected chi connectivity index (χ0v) is 10.9. The Kier molecular flexibility index (Phi) is 3.13. The molecule has 21 heavy (non-hydrogen) atoms. The van der Waals surface area contributed by atoms with E-state index in [-0.39, 0.29) is 11.3 Å². The molecule has 0 spiro atoms. The van der Waals surface area contributed by atoms with Crippen LogP contribution in [0.5, 0.6) is 5.75 Å². The number of esters is 1. The lowest BCUT2D eigenvalue weighted by molar-refractivity contribution is 0.0730. The molecule has 0 amide bonds. The van der Waals surface area contributed by atoms with Crippen LogP contribution in [-0.2, 0) is 0 Å². The minimum absolute atomic E-state index is 0.199. The van der Waals surface area contributed by atoms with Gasteiger partial charge in [-0.2, -0.15) is 0 Å². The third-order valence-electron chi connectivity index (χ3n) is 2.83. The van der Waals surface area contributed by atoms with Crippen LogP contribution in [0, 0.1) is 18.6 Å². The fourth-order valence-corrected chi connectivity index (χ4v) is 1.90. The third kappa shape index (κ3) is 2.60. The Morgan fingerprint density at radius 1 is 1.19 bits per heavy atom. The van der Waals surface area contributed by atoms with Crippen LogP contribution in [0.3, 0.4) is 0 Å². The van der Waals surface area contributed by atoms with Crippen LogP contribution in [-0.4, -0.2) is 11.0 Å². The second-order valence-electron chi connectivity index (χ2n) is 4.38. The summed E-state index contributed by atoms with van der Waals surface area (Å²) in [6, 6.07) is 7.26. The Hall–Kier alpha value is -2.76. The molecule has 106 valence electrons. The molecule has 3 aromatic rings. The van der Waals surface area contributed by atoms with Gasteiger partial charge in [0.25, 0.3) is 0 Å². The number of nitrogens with zero attached hydrogens (tertiary/aromatic N) is 1. The van der Waals surface area contributed by atoms with E-state index in [1.807, 2.05) is 0 Å². The molecule has 0 aliphatic carbocycles. The Labute approximate surface area is 118 Å². The number of hydrogen-bond donors (Lipinski definition) is 0. The molecule has 6 heteroatoms. The van der Waals surface area contributed by atoms with Crippen molar-refractivity contribution in [2.45, 2.75) is 6.92 Å². The van der Waals surface area contributed by atoms with E-state index in [9.17, 15) is 13.6 Å². The Morgan fingerprint density at radius 2 is 2.00 bits per heavy atom. The first-order chi connectivity index (χ1) is 10.0. The number of aromatic nitrogens is 1. The highest BCUT2D eigenvalue weighted by Crippen LogP contribution is 2.22. The molecule has 1 heterocycles. The van der Waals surface area contributed by atoms with Gasteiger partial charge in [0.2, 0.25) is 0 Å². The Bertz CT molecular complexity index is 842. The van der Waals surface area contributed by atoms with Crippen molar-refractivity contribution in [2.75, 3.05) is 0 Å². The standard InChI is InChI=1S/C15H9F2NO3/c1-8-18-13-7-10(3-5-14(13)20-8)21-15(19)11-4-2-9(16)6-12(11)17/h2-7H,1H3. The Balaban J connectivity index is 1.88. The zero-order valence-electron chi connectivity index (χ0n) is 10.9. The van der Waals surface area contributed by atoms with E-state index >= 15 is 0 Å². The van der Waals surface area contributed by atoms with Crippen molar-refractivity contribution in [3.63, 3.8) is 0 Å². The van der Waals surface area contributed by atoms with Gasteiger partial charge in [-0.3, -0.25) is 0 Å². The molecule has 3 rings (SSSR count). The third-order valence-corrected chi connectivity index (χ3v) is 2.83. The van der Waals surface area contributed by atoms with Gasteiger partial charge < -0.3 is 9.15 Å². The molecule has 0 radical (unpaired) electrons. The SMILES string of the molecule is Cc1nc2cc(OC(=O)c3ccc(F)cc3F)ccc2o1. The maximum atomic E-state index is 13.5. The lowest BCUT2D eigenvalue weighted by Crippen LogP contribution is -2.10. The van der Waals surface area contributed by atoms with Crippen LogP contribution in [0.15, 0.2) is 40.8 Å². The van der Waals surface area contributed by atoms with Crippen LogP contribution < -0.4 is 4.74 Å². The smallest absolute Gasteiger partial charge is 0.346 e. The summed E-state index contributed by atoms with van der Waals surface area (Å²) in [5.41, 5.74) is 0.741. The molecule has 0 unspecified atom stereocenters. The van der Waals surface area contributed by atoms with Crippen LogP contribution in [0.1, 0.15) is 16.2 Å². The minimum Gasteiger partial charge on any atom is -0.441 e. The van der Waals surface area contributed by atoms with Crippen LogP contribution in [0.2, 0.25) is 0 Å². The first kappa shape index (κ1) is 13.2. The van der Waals surface area contributed by atoms with Crippen molar-refractivity contribution in [3.8, 4) is 5.75 Å². The molecular formula is C15H9F2NO3. The van der Waals surface area contributed by atoms with Crippen molar-refractivity contribution in [2.24, 2.45) is 0 Å². The first-order valence-electron chi connectivity index (χ1n) is 6.07. The average Bonchev–Trinajstić information content (AvgIpc) is 2.77. The average molecular weight is 289 g/mol. The summed E-state index contributed by atoms with van der Waals surface area (Å²) >= 11 is 0. The molecule has 0 saturated heterocycles. The quantitative estimate of drug-likeness (QED) is 0.534. The zero-order chi connectivity index (χ0) is 15.0. The number of oxazole rings is 1. The van der Waals surface area contributed by atoms with Gasteiger partial charge >= 0.3 is 5.97 Å². The highest BCUT2D eigenvalue weighted by Gasteiger charge is 2.15. The summed E-state index contributed by atoms with van der Waals surface area (Å²) in [6.07, 6.45) is 0. The number of ether oxygens (including phenoxy) is 1. The molecule has 0 bridgehead atoms. The first-order valence-corrected chi connectivity index (χ1v) is 6.07. The fourth-order valence-electron chi connectivity index (χ4n) is 1.90. The fraction of sp³-hybridized carbons (Fsp3) is 0.0667. The van der Waals surface area contributed by atoms with Gasteiger partial charge in [-0.15, -0.1) is 0 Å². The van der Waals surface area contributed by atoms with Gasteiger partial charge in [-0.05, 0) is 24.3 Å². The van der Waals surface area contributed by atoms with Gasteiger partial charge in [0.15, 0.2) is 11.5 Å². The summed E-state index contributed by atoms with van der Waals surface area (Å²) in [5.74, 6) is -1.96. The number of aryl methyl sites for hydroxylation is 1. The number of hydrogen-bond acceptors (Lipinski definition) is 4. The molecule has 0 N–H and O–H groups in total. The summed E-state index contributed by atoms with van der Waals surface area (Å²) < 4.78 is 36.6. The molecule has 1 aromatic heterocycles. The monoisotopic (exact) mass is 289 g/mol. The number of halogens is 2. The van der Waals surface area contributed by atoms with Gasteiger partial charge in [-0.25, -0.2) is 18.6 Å². The highest BCUT2D eigenvalue weighted by atomic mass is 19.1. The van der Waals surface area contributed by atoms with Gasteiger partial charge in [-0.1, -0.05) is 0 Å². The maximum absolute atomic E-state index is 13.5. The second-order valence-corrected chi connectivity index (χ2v) is 4.38. The van der Waals surface area contributed by atoms with Gasteiger partial charge in [0.1, 0.15) is 22.9 Å². The van der Waals surface area contributed by atoms with Crippen LogP contribution in [0.25, 0.3) is 11.1 Å². The lowest BCUT2D eigenvalue weighted by atomic mass is 10.2. The van der Waals surface area contributed by atoms with Gasteiger partial charge in [0.05, 0.1) is 5.56 Å². The number of benzene rings is 2. The number of carbonyl (C=O) groups is 1. The van der Waals surface area contributed by atoms with E-state index in [1.165, 1.54) is 12.1 Å². The molecular weight excluding hydrogens is 280 g/mol. The largest absolute Gasteiger partial charge is 0.441 e. The molecule has 0 atom stereocenters. The van der Waals surface area contributed by atoms with E-state index < -0.39 is 17.6 Å². The number of carbonyl (C=O) groups excluding carboxylic acids is 1. The molecule has 0 aliphatic rings. The number of rotatable bonds is 2. The van der Waals surface area contributed by atoms with Crippen molar-refractivity contribution >= 4 is 17.1 Å².